The summed E-state index contributed by atoms with van der Waals surface area (Å²) in [5.74, 6) is 0.0855. The fourth-order valence-electron chi connectivity index (χ4n) is 4.31. The van der Waals surface area contributed by atoms with Gasteiger partial charge in [0, 0.05) is 24.7 Å². The van der Waals surface area contributed by atoms with Gasteiger partial charge >= 0.3 is 0 Å². The number of carbonyl (C=O) groups excluding carboxylic acids is 1. The van der Waals surface area contributed by atoms with Crippen molar-refractivity contribution in [2.45, 2.75) is 81.6 Å². The van der Waals surface area contributed by atoms with Gasteiger partial charge in [-0.2, -0.15) is 4.31 Å². The van der Waals surface area contributed by atoms with Crippen LogP contribution in [0.5, 0.6) is 5.75 Å². The van der Waals surface area contributed by atoms with Crippen LogP contribution in [0, 0.1) is 0 Å². The molecule has 0 spiro atoms. The molecule has 0 aromatic heterocycles. The smallest absolute Gasteiger partial charge is 0.251 e. The Morgan fingerprint density at radius 2 is 1.55 bits per heavy atom. The molecule has 1 aromatic rings. The van der Waals surface area contributed by atoms with E-state index in [2.05, 4.69) is 5.32 Å². The van der Waals surface area contributed by atoms with Gasteiger partial charge in [-0.05, 0) is 43.9 Å². The van der Waals surface area contributed by atoms with Crippen molar-refractivity contribution < 1.29 is 17.9 Å². The number of hydrogen-bond donors (Lipinski definition) is 1. The third-order valence-electron chi connectivity index (χ3n) is 6.05. The number of carbonyl (C=O) groups is 1. The lowest BCUT2D eigenvalue weighted by Gasteiger charge is -2.23. The first kappa shape index (κ1) is 22.1. The summed E-state index contributed by atoms with van der Waals surface area (Å²) in [5, 5.41) is 3.12. The van der Waals surface area contributed by atoms with Crippen LogP contribution in [0.2, 0.25) is 0 Å². The van der Waals surface area contributed by atoms with Gasteiger partial charge in [0.05, 0.1) is 7.11 Å². The van der Waals surface area contributed by atoms with Crippen molar-refractivity contribution in [1.82, 2.24) is 9.62 Å². The van der Waals surface area contributed by atoms with Crippen LogP contribution >= 0.6 is 0 Å². The van der Waals surface area contributed by atoms with Crippen LogP contribution in [0.1, 0.15) is 81.0 Å². The summed E-state index contributed by atoms with van der Waals surface area (Å²) < 4.78 is 33.4. The van der Waals surface area contributed by atoms with Crippen molar-refractivity contribution in [1.29, 1.82) is 0 Å². The number of methoxy groups -OCH3 is 1. The number of benzene rings is 1. The molecule has 0 unspecified atom stereocenters. The van der Waals surface area contributed by atoms with E-state index in [1.807, 2.05) is 0 Å². The Morgan fingerprint density at radius 3 is 2.17 bits per heavy atom. The molecule has 0 bridgehead atoms. The molecule has 2 fully saturated rings. The zero-order chi connectivity index (χ0) is 20.7. The van der Waals surface area contributed by atoms with Crippen LogP contribution in [-0.2, 0) is 10.0 Å². The highest BCUT2D eigenvalue weighted by atomic mass is 32.2. The Kier molecular flexibility index (Phi) is 7.95. The molecule has 1 saturated heterocycles. The second-order valence-corrected chi connectivity index (χ2v) is 10.1. The van der Waals surface area contributed by atoms with Crippen molar-refractivity contribution in [3.05, 3.63) is 23.8 Å². The number of hydrogen-bond acceptors (Lipinski definition) is 4. The Morgan fingerprint density at radius 1 is 0.966 bits per heavy atom. The summed E-state index contributed by atoms with van der Waals surface area (Å²) >= 11 is 0. The standard InChI is InChI=1S/C22H34N2O4S/c1-28-20-14-13-18(22(25)23-19-11-7-3-2-4-8-12-19)17-21(20)29(26,27)24-15-9-5-6-10-16-24/h13-14,17,19H,2-12,15-16H2,1H3,(H,23,25). The van der Waals surface area contributed by atoms with Crippen LogP contribution in [0.3, 0.4) is 0 Å². The van der Waals surface area contributed by atoms with E-state index in [0.717, 1.165) is 51.4 Å². The van der Waals surface area contributed by atoms with Crippen LogP contribution in [0.15, 0.2) is 23.1 Å². The van der Waals surface area contributed by atoms with Crippen LogP contribution in [-0.4, -0.2) is 44.9 Å². The van der Waals surface area contributed by atoms with Crippen molar-refractivity contribution in [3.8, 4) is 5.75 Å². The maximum Gasteiger partial charge on any atom is 0.251 e. The van der Waals surface area contributed by atoms with E-state index in [1.165, 1.54) is 36.7 Å². The van der Waals surface area contributed by atoms with Gasteiger partial charge in [-0.15, -0.1) is 0 Å². The van der Waals surface area contributed by atoms with Crippen LogP contribution in [0.4, 0.5) is 0 Å². The summed E-state index contributed by atoms with van der Waals surface area (Å²) in [6.07, 6.45) is 11.8. The molecule has 162 valence electrons. The van der Waals surface area contributed by atoms with Crippen molar-refractivity contribution >= 4 is 15.9 Å². The minimum Gasteiger partial charge on any atom is -0.495 e. The van der Waals surface area contributed by atoms with Gasteiger partial charge in [0.2, 0.25) is 10.0 Å². The molecule has 29 heavy (non-hydrogen) atoms. The monoisotopic (exact) mass is 422 g/mol. The molecule has 1 heterocycles. The molecule has 1 saturated carbocycles. The average Bonchev–Trinajstić information content (AvgIpc) is 2.99. The van der Waals surface area contributed by atoms with Crippen molar-refractivity contribution in [2.24, 2.45) is 0 Å². The van der Waals surface area contributed by atoms with Crippen molar-refractivity contribution in [2.75, 3.05) is 20.2 Å². The predicted molar refractivity (Wildman–Crippen MR) is 114 cm³/mol. The third kappa shape index (κ3) is 5.72. The maximum atomic E-state index is 13.3. The third-order valence-corrected chi connectivity index (χ3v) is 7.97. The second-order valence-electron chi connectivity index (χ2n) is 8.20. The van der Waals surface area contributed by atoms with Gasteiger partial charge in [-0.1, -0.05) is 44.9 Å². The van der Waals surface area contributed by atoms with Gasteiger partial charge in [0.25, 0.3) is 5.91 Å². The van der Waals surface area contributed by atoms with E-state index < -0.39 is 10.0 Å². The summed E-state index contributed by atoms with van der Waals surface area (Å²) in [6.45, 7) is 1.04. The minimum absolute atomic E-state index is 0.0900. The lowest BCUT2D eigenvalue weighted by Crippen LogP contribution is -2.35. The summed E-state index contributed by atoms with van der Waals surface area (Å²) in [6, 6.07) is 4.89. The van der Waals surface area contributed by atoms with E-state index in [9.17, 15) is 13.2 Å². The quantitative estimate of drug-likeness (QED) is 0.775. The normalized spacial score (nSPS) is 20.3. The molecule has 1 aromatic carbocycles. The van der Waals surface area contributed by atoms with E-state index in [1.54, 1.807) is 12.1 Å². The Balaban J connectivity index is 1.81. The average molecular weight is 423 g/mol. The number of nitrogens with zero attached hydrogens (tertiary/aromatic N) is 1. The highest BCUT2D eigenvalue weighted by molar-refractivity contribution is 7.89. The number of sulfonamides is 1. The van der Waals surface area contributed by atoms with E-state index >= 15 is 0 Å². The molecule has 1 amide bonds. The zero-order valence-corrected chi connectivity index (χ0v) is 18.3. The SMILES string of the molecule is COc1ccc(C(=O)NC2CCCCCCC2)cc1S(=O)(=O)N1CCCCCC1. The first-order valence-electron chi connectivity index (χ1n) is 11.0. The van der Waals surface area contributed by atoms with Crippen LogP contribution < -0.4 is 10.1 Å². The minimum atomic E-state index is -3.70. The molecular formula is C22H34N2O4S. The van der Waals surface area contributed by atoms with E-state index in [-0.39, 0.29) is 22.6 Å². The molecule has 0 atom stereocenters. The summed E-state index contributed by atoms with van der Waals surface area (Å²) in [7, 11) is -2.24. The molecule has 0 radical (unpaired) electrons. The number of amides is 1. The van der Waals surface area contributed by atoms with Crippen molar-refractivity contribution in [3.63, 3.8) is 0 Å². The zero-order valence-electron chi connectivity index (χ0n) is 17.5. The number of ether oxygens (including phenoxy) is 1. The molecule has 1 aliphatic carbocycles. The van der Waals surface area contributed by atoms with Gasteiger partial charge in [0.1, 0.15) is 10.6 Å². The highest BCUT2D eigenvalue weighted by Crippen LogP contribution is 2.29. The molecule has 3 rings (SSSR count). The topological polar surface area (TPSA) is 75.7 Å². The number of nitrogens with one attached hydrogen (secondary N) is 1. The molecule has 2 aliphatic rings. The largest absolute Gasteiger partial charge is 0.495 e. The van der Waals surface area contributed by atoms with Gasteiger partial charge < -0.3 is 10.1 Å². The lowest BCUT2D eigenvalue weighted by molar-refractivity contribution is 0.0930. The lowest BCUT2D eigenvalue weighted by atomic mass is 9.96. The Bertz CT molecular complexity index is 778. The molecule has 1 aliphatic heterocycles. The highest BCUT2D eigenvalue weighted by Gasteiger charge is 2.29. The molecule has 6 nitrogen and oxygen atoms in total. The first-order valence-corrected chi connectivity index (χ1v) is 12.5. The molecule has 1 N–H and O–H groups in total. The fourth-order valence-corrected chi connectivity index (χ4v) is 6.01. The first-order chi connectivity index (χ1) is 14.0. The fraction of sp³-hybridized carbons (Fsp3) is 0.682. The van der Waals surface area contributed by atoms with Gasteiger partial charge in [0.15, 0.2) is 0 Å². The summed E-state index contributed by atoms with van der Waals surface area (Å²) in [5.41, 5.74) is 0.376. The second kappa shape index (κ2) is 10.4. The predicted octanol–water partition coefficient (Wildman–Crippen LogP) is 4.10. The summed E-state index contributed by atoms with van der Waals surface area (Å²) in [4.78, 5) is 13.0. The molecule has 7 heteroatoms. The molecular weight excluding hydrogens is 388 g/mol. The maximum absolute atomic E-state index is 13.3. The van der Waals surface area contributed by atoms with E-state index in [0.29, 0.717) is 18.7 Å². The van der Waals surface area contributed by atoms with Crippen LogP contribution in [0.25, 0.3) is 0 Å². The van der Waals surface area contributed by atoms with Gasteiger partial charge in [-0.25, -0.2) is 8.42 Å². The number of rotatable bonds is 5. The van der Waals surface area contributed by atoms with Gasteiger partial charge in [-0.3, -0.25) is 4.79 Å². The Hall–Kier alpha value is -1.60. The Labute approximate surface area is 175 Å². The van der Waals surface area contributed by atoms with E-state index in [4.69, 9.17) is 4.74 Å².